The van der Waals surface area contributed by atoms with Gasteiger partial charge in [-0.3, -0.25) is 4.90 Å². The Morgan fingerprint density at radius 1 is 1.29 bits per heavy atom. The molecule has 4 rings (SSSR count). The van der Waals surface area contributed by atoms with E-state index in [4.69, 9.17) is 4.74 Å². The minimum atomic E-state index is -0.0519. The van der Waals surface area contributed by atoms with Gasteiger partial charge in [0, 0.05) is 37.1 Å². The van der Waals surface area contributed by atoms with Gasteiger partial charge in [-0.2, -0.15) is 0 Å². The predicted molar refractivity (Wildman–Crippen MR) is 95.8 cm³/mol. The maximum absolute atomic E-state index is 12.4. The second kappa shape index (κ2) is 6.45. The van der Waals surface area contributed by atoms with Gasteiger partial charge in [0.1, 0.15) is 5.75 Å². The van der Waals surface area contributed by atoms with E-state index in [1.807, 2.05) is 40.5 Å². The molecule has 0 spiro atoms. The van der Waals surface area contributed by atoms with Gasteiger partial charge in [-0.1, -0.05) is 12.1 Å². The summed E-state index contributed by atoms with van der Waals surface area (Å²) >= 11 is 1.86. The molecule has 0 saturated carbocycles. The fourth-order valence-electron chi connectivity index (χ4n) is 3.38. The van der Waals surface area contributed by atoms with Crippen LogP contribution in [-0.4, -0.2) is 48.6 Å². The number of rotatable bonds is 3. The number of likely N-dealkylation sites (tertiary alicyclic amines) is 1. The second-order valence-corrected chi connectivity index (χ2v) is 7.28. The van der Waals surface area contributed by atoms with Crippen LogP contribution in [0.3, 0.4) is 0 Å². The summed E-state index contributed by atoms with van der Waals surface area (Å²) in [6, 6.07) is 10.1. The Morgan fingerprint density at radius 3 is 2.96 bits per heavy atom. The van der Waals surface area contributed by atoms with Crippen LogP contribution in [0.15, 0.2) is 35.7 Å². The molecule has 1 aromatic carbocycles. The molecule has 1 aromatic heterocycles. The molecule has 126 valence electrons. The number of anilines is 1. The summed E-state index contributed by atoms with van der Waals surface area (Å²) in [7, 11) is 1.61. The van der Waals surface area contributed by atoms with Gasteiger partial charge in [-0.25, -0.2) is 4.79 Å². The molecule has 2 aliphatic rings. The van der Waals surface area contributed by atoms with E-state index in [-0.39, 0.29) is 6.03 Å². The minimum Gasteiger partial charge on any atom is -0.495 e. The molecule has 0 aliphatic carbocycles. The number of amides is 2. The van der Waals surface area contributed by atoms with E-state index < -0.39 is 0 Å². The normalized spacial score (nSPS) is 18.0. The number of urea groups is 1. The van der Waals surface area contributed by atoms with Crippen molar-refractivity contribution >= 4 is 23.1 Å². The quantitative estimate of drug-likeness (QED) is 0.932. The van der Waals surface area contributed by atoms with Crippen LogP contribution in [0.4, 0.5) is 10.5 Å². The van der Waals surface area contributed by atoms with Crippen LogP contribution < -0.4 is 10.1 Å². The molecule has 2 amide bonds. The second-order valence-electron chi connectivity index (χ2n) is 6.28. The maximum Gasteiger partial charge on any atom is 0.322 e. The van der Waals surface area contributed by atoms with E-state index >= 15 is 0 Å². The summed E-state index contributed by atoms with van der Waals surface area (Å²) in [6.45, 7) is 3.70. The van der Waals surface area contributed by atoms with E-state index in [9.17, 15) is 4.79 Å². The highest BCUT2D eigenvalue weighted by Crippen LogP contribution is 2.28. The lowest BCUT2D eigenvalue weighted by Gasteiger charge is -2.46. The van der Waals surface area contributed by atoms with Crippen molar-refractivity contribution < 1.29 is 9.53 Å². The van der Waals surface area contributed by atoms with E-state index in [0.717, 1.165) is 32.6 Å². The van der Waals surface area contributed by atoms with Crippen molar-refractivity contribution in [3.8, 4) is 5.75 Å². The molecular formula is C18H21N3O2S. The summed E-state index contributed by atoms with van der Waals surface area (Å²) in [4.78, 5) is 18.3. The van der Waals surface area contributed by atoms with E-state index in [2.05, 4.69) is 21.7 Å². The van der Waals surface area contributed by atoms with Crippen LogP contribution in [0.5, 0.6) is 5.75 Å². The number of carbonyl (C=O) groups excluding carboxylic acids is 1. The van der Waals surface area contributed by atoms with Gasteiger partial charge in [0.15, 0.2) is 0 Å². The molecule has 3 heterocycles. The molecule has 24 heavy (non-hydrogen) atoms. The monoisotopic (exact) mass is 343 g/mol. The van der Waals surface area contributed by atoms with Crippen molar-refractivity contribution in [3.63, 3.8) is 0 Å². The highest BCUT2D eigenvalue weighted by molar-refractivity contribution is 7.10. The minimum absolute atomic E-state index is 0.0519. The number of benzene rings is 1. The number of methoxy groups -OCH3 is 1. The molecule has 5 nitrogen and oxygen atoms in total. The van der Waals surface area contributed by atoms with E-state index in [1.54, 1.807) is 7.11 Å². The standard InChI is InChI=1S/C18H21N3O2S/c1-23-16-5-3-2-4-15(16)19-18(22)21-11-14(12-21)20-8-6-17-13(10-20)7-9-24-17/h2-5,7,9,14H,6,8,10-12H2,1H3,(H,19,22). The Bertz CT molecular complexity index is 739. The molecule has 0 bridgehead atoms. The average molecular weight is 343 g/mol. The highest BCUT2D eigenvalue weighted by Gasteiger charge is 2.36. The molecule has 2 aliphatic heterocycles. The van der Waals surface area contributed by atoms with Crippen LogP contribution >= 0.6 is 11.3 Å². The zero-order chi connectivity index (χ0) is 16.5. The van der Waals surface area contributed by atoms with Crippen LogP contribution in [0.2, 0.25) is 0 Å². The summed E-state index contributed by atoms with van der Waals surface area (Å²) < 4.78 is 5.28. The van der Waals surface area contributed by atoms with Crippen molar-refractivity contribution in [2.45, 2.75) is 19.0 Å². The van der Waals surface area contributed by atoms with Crippen molar-refractivity contribution in [2.24, 2.45) is 0 Å². The summed E-state index contributed by atoms with van der Waals surface area (Å²) in [5, 5.41) is 5.13. The van der Waals surface area contributed by atoms with Gasteiger partial charge in [-0.05, 0) is 35.6 Å². The molecule has 0 atom stereocenters. The topological polar surface area (TPSA) is 44.8 Å². The summed E-state index contributed by atoms with van der Waals surface area (Å²) in [5.74, 6) is 0.684. The van der Waals surface area contributed by atoms with Gasteiger partial charge in [-0.15, -0.1) is 11.3 Å². The third-order valence-electron chi connectivity index (χ3n) is 4.85. The predicted octanol–water partition coefficient (Wildman–Crippen LogP) is 3.03. The summed E-state index contributed by atoms with van der Waals surface area (Å²) in [6.07, 6.45) is 1.14. The van der Waals surface area contributed by atoms with Crippen LogP contribution in [-0.2, 0) is 13.0 Å². The van der Waals surface area contributed by atoms with Crippen LogP contribution in [0.25, 0.3) is 0 Å². The third-order valence-corrected chi connectivity index (χ3v) is 5.87. The Balaban J connectivity index is 1.32. The van der Waals surface area contributed by atoms with E-state index in [1.165, 1.54) is 10.4 Å². The van der Waals surface area contributed by atoms with Gasteiger partial charge >= 0.3 is 6.03 Å². The number of thiophene rings is 1. The molecular weight excluding hydrogens is 322 g/mol. The zero-order valence-corrected chi connectivity index (χ0v) is 14.5. The maximum atomic E-state index is 12.4. The van der Waals surface area contributed by atoms with Gasteiger partial charge < -0.3 is 15.0 Å². The largest absolute Gasteiger partial charge is 0.495 e. The average Bonchev–Trinajstić information content (AvgIpc) is 3.01. The van der Waals surface area contributed by atoms with Crippen LogP contribution in [0.1, 0.15) is 10.4 Å². The molecule has 1 saturated heterocycles. The number of ether oxygens (including phenoxy) is 1. The molecule has 6 heteroatoms. The number of para-hydroxylation sites is 2. The van der Waals surface area contributed by atoms with Crippen LogP contribution in [0, 0.1) is 0 Å². The fourth-order valence-corrected chi connectivity index (χ4v) is 4.27. The first-order valence-corrected chi connectivity index (χ1v) is 9.11. The van der Waals surface area contributed by atoms with Crippen molar-refractivity contribution in [2.75, 3.05) is 32.1 Å². The molecule has 0 radical (unpaired) electrons. The van der Waals surface area contributed by atoms with Gasteiger partial charge in [0.05, 0.1) is 12.8 Å². The number of hydrogen-bond acceptors (Lipinski definition) is 4. The number of nitrogens with zero attached hydrogens (tertiary/aromatic N) is 2. The number of nitrogens with one attached hydrogen (secondary N) is 1. The van der Waals surface area contributed by atoms with Gasteiger partial charge in [0.2, 0.25) is 0 Å². The molecule has 1 N–H and O–H groups in total. The molecule has 2 aromatic rings. The number of carbonyl (C=O) groups is 1. The van der Waals surface area contributed by atoms with Gasteiger partial charge in [0.25, 0.3) is 0 Å². The van der Waals surface area contributed by atoms with E-state index in [0.29, 0.717) is 17.5 Å². The van der Waals surface area contributed by atoms with Crippen molar-refractivity contribution in [1.29, 1.82) is 0 Å². The van der Waals surface area contributed by atoms with Crippen molar-refractivity contribution in [1.82, 2.24) is 9.80 Å². The Kier molecular flexibility index (Phi) is 4.16. The highest BCUT2D eigenvalue weighted by atomic mass is 32.1. The first-order valence-electron chi connectivity index (χ1n) is 8.23. The first-order chi connectivity index (χ1) is 11.7. The fraction of sp³-hybridized carbons (Fsp3) is 0.389. The lowest BCUT2D eigenvalue weighted by Crippen LogP contribution is -2.62. The molecule has 1 fully saturated rings. The SMILES string of the molecule is COc1ccccc1NC(=O)N1CC(N2CCc3sccc3C2)C1. The number of fused-ring (bicyclic) bond motifs is 1. The first kappa shape index (κ1) is 15.5. The van der Waals surface area contributed by atoms with Crippen molar-refractivity contribution in [3.05, 3.63) is 46.2 Å². The Morgan fingerprint density at radius 2 is 2.12 bits per heavy atom. The summed E-state index contributed by atoms with van der Waals surface area (Å²) in [5.41, 5.74) is 2.18. The molecule has 0 unspecified atom stereocenters. The zero-order valence-electron chi connectivity index (χ0n) is 13.7. The smallest absolute Gasteiger partial charge is 0.322 e. The number of hydrogen-bond donors (Lipinski definition) is 1. The lowest BCUT2D eigenvalue weighted by molar-refractivity contribution is 0.0533. The lowest BCUT2D eigenvalue weighted by atomic mass is 10.0. The Hall–Kier alpha value is -2.05. The Labute approximate surface area is 145 Å². The third kappa shape index (κ3) is 2.87.